The molecule has 14 heavy (non-hydrogen) atoms. The van der Waals surface area contributed by atoms with E-state index in [0.29, 0.717) is 5.92 Å². The summed E-state index contributed by atoms with van der Waals surface area (Å²) in [5, 5.41) is 0. The normalized spacial score (nSPS) is 40.5. The Kier molecular flexibility index (Phi) is 1.93. The van der Waals surface area contributed by atoms with Crippen molar-refractivity contribution in [2.45, 2.75) is 32.6 Å². The zero-order valence-electron chi connectivity index (χ0n) is 8.83. The van der Waals surface area contributed by atoms with Crippen molar-refractivity contribution in [3.05, 3.63) is 23.5 Å². The zero-order valence-corrected chi connectivity index (χ0v) is 8.83. The molecule has 0 N–H and O–H groups in total. The first-order valence-corrected chi connectivity index (χ1v) is 5.89. The Hall–Kier alpha value is -0.720. The molecule has 0 aromatic rings. The van der Waals surface area contributed by atoms with E-state index in [1.807, 2.05) is 0 Å². The van der Waals surface area contributed by atoms with Gasteiger partial charge >= 0.3 is 0 Å². The molecule has 0 unspecified atom stereocenters. The van der Waals surface area contributed by atoms with Gasteiger partial charge in [-0.3, -0.25) is 0 Å². The minimum atomic E-state index is 0.676. The molecule has 0 bridgehead atoms. The molecular formula is C13H18O. The van der Waals surface area contributed by atoms with Crippen molar-refractivity contribution in [1.29, 1.82) is 0 Å². The predicted molar refractivity (Wildman–Crippen MR) is 56.7 cm³/mol. The lowest BCUT2D eigenvalue weighted by Crippen LogP contribution is -2.30. The molecule has 0 amide bonds. The minimum absolute atomic E-state index is 0.676. The van der Waals surface area contributed by atoms with Crippen molar-refractivity contribution >= 4 is 0 Å². The van der Waals surface area contributed by atoms with Gasteiger partial charge in [0.1, 0.15) is 0 Å². The fraction of sp³-hybridized carbons (Fsp3) is 0.692. The standard InChI is InChI=1S/C13H18O/c1-9-5-6-10-3-2-4-11-7-8-14-13(9)12(10)11/h2,4,9-11H,3,5-8H2,1H3/t9-,10-,11+/m1/s1. The van der Waals surface area contributed by atoms with Gasteiger partial charge in [0, 0.05) is 11.8 Å². The maximum Gasteiger partial charge on any atom is 0.0988 e. The fourth-order valence-electron chi connectivity index (χ4n) is 3.24. The topological polar surface area (TPSA) is 9.23 Å². The fourth-order valence-corrected chi connectivity index (χ4v) is 3.24. The van der Waals surface area contributed by atoms with Crippen molar-refractivity contribution < 1.29 is 4.74 Å². The SMILES string of the molecule is C[C@@H]1CC[C@H]2CC=C[C@H]3CCOC1=C23. The summed E-state index contributed by atoms with van der Waals surface area (Å²) >= 11 is 0. The van der Waals surface area contributed by atoms with Crippen molar-refractivity contribution in [1.82, 2.24) is 0 Å². The van der Waals surface area contributed by atoms with Gasteiger partial charge in [-0.15, -0.1) is 0 Å². The van der Waals surface area contributed by atoms with Crippen LogP contribution in [-0.4, -0.2) is 6.61 Å². The molecule has 0 fully saturated rings. The summed E-state index contributed by atoms with van der Waals surface area (Å²) in [6, 6.07) is 0. The third-order valence-corrected chi connectivity index (χ3v) is 3.99. The summed E-state index contributed by atoms with van der Waals surface area (Å²) in [5.74, 6) is 3.58. The molecule has 1 nitrogen and oxygen atoms in total. The second-order valence-corrected chi connectivity index (χ2v) is 4.90. The Balaban J connectivity index is 2.06. The molecule has 2 aliphatic carbocycles. The maximum atomic E-state index is 5.88. The van der Waals surface area contributed by atoms with Crippen LogP contribution < -0.4 is 0 Å². The van der Waals surface area contributed by atoms with Gasteiger partial charge in [-0.2, -0.15) is 0 Å². The quantitative estimate of drug-likeness (QED) is 0.533. The van der Waals surface area contributed by atoms with Crippen molar-refractivity contribution in [3.8, 4) is 0 Å². The van der Waals surface area contributed by atoms with Crippen LogP contribution in [0.15, 0.2) is 23.5 Å². The summed E-state index contributed by atoms with van der Waals surface area (Å²) in [7, 11) is 0. The number of ether oxygens (including phenoxy) is 1. The molecule has 0 saturated carbocycles. The number of rotatable bonds is 0. The zero-order chi connectivity index (χ0) is 9.54. The van der Waals surface area contributed by atoms with Gasteiger partial charge in [0.05, 0.1) is 12.4 Å². The highest BCUT2D eigenvalue weighted by Crippen LogP contribution is 2.46. The second kappa shape index (κ2) is 3.15. The van der Waals surface area contributed by atoms with Crippen molar-refractivity contribution in [2.24, 2.45) is 17.8 Å². The average molecular weight is 190 g/mol. The van der Waals surface area contributed by atoms with Gasteiger partial charge in [-0.05, 0) is 37.2 Å². The van der Waals surface area contributed by atoms with E-state index in [1.165, 1.54) is 31.4 Å². The highest BCUT2D eigenvalue weighted by atomic mass is 16.5. The first-order valence-electron chi connectivity index (χ1n) is 5.89. The highest BCUT2D eigenvalue weighted by Gasteiger charge is 2.36. The van der Waals surface area contributed by atoms with E-state index in [0.717, 1.165) is 18.4 Å². The van der Waals surface area contributed by atoms with E-state index in [1.54, 1.807) is 5.57 Å². The van der Waals surface area contributed by atoms with Gasteiger partial charge in [-0.1, -0.05) is 19.1 Å². The van der Waals surface area contributed by atoms with Crippen LogP contribution in [0, 0.1) is 17.8 Å². The Labute approximate surface area is 85.8 Å². The van der Waals surface area contributed by atoms with E-state index < -0.39 is 0 Å². The molecule has 3 atom stereocenters. The average Bonchev–Trinajstić information content (AvgIpc) is 2.24. The van der Waals surface area contributed by atoms with Gasteiger partial charge in [-0.25, -0.2) is 0 Å². The number of hydrogen-bond acceptors (Lipinski definition) is 1. The first-order chi connectivity index (χ1) is 6.86. The minimum Gasteiger partial charge on any atom is -0.498 e. The van der Waals surface area contributed by atoms with Crippen molar-refractivity contribution in [3.63, 3.8) is 0 Å². The first kappa shape index (κ1) is 8.58. The van der Waals surface area contributed by atoms with Gasteiger partial charge in [0.2, 0.25) is 0 Å². The van der Waals surface area contributed by atoms with E-state index in [2.05, 4.69) is 19.1 Å². The molecule has 0 aromatic heterocycles. The smallest absolute Gasteiger partial charge is 0.0988 e. The number of hydrogen-bond donors (Lipinski definition) is 0. The van der Waals surface area contributed by atoms with Crippen molar-refractivity contribution in [2.75, 3.05) is 6.61 Å². The third-order valence-electron chi connectivity index (χ3n) is 3.99. The van der Waals surface area contributed by atoms with Crippen LogP contribution in [0.25, 0.3) is 0 Å². The molecule has 76 valence electrons. The van der Waals surface area contributed by atoms with Gasteiger partial charge in [0.25, 0.3) is 0 Å². The van der Waals surface area contributed by atoms with Crippen LogP contribution in [0.4, 0.5) is 0 Å². The Bertz CT molecular complexity index is 300. The Morgan fingerprint density at radius 2 is 2.21 bits per heavy atom. The molecule has 3 rings (SSSR count). The monoisotopic (exact) mass is 190 g/mol. The van der Waals surface area contributed by atoms with E-state index in [9.17, 15) is 0 Å². The predicted octanol–water partition coefficient (Wildman–Crippen LogP) is 3.28. The van der Waals surface area contributed by atoms with Crippen LogP contribution in [-0.2, 0) is 4.74 Å². The lowest BCUT2D eigenvalue weighted by molar-refractivity contribution is 0.118. The van der Waals surface area contributed by atoms with Crippen LogP contribution in [0.3, 0.4) is 0 Å². The molecule has 1 aliphatic heterocycles. The van der Waals surface area contributed by atoms with E-state index in [4.69, 9.17) is 4.74 Å². The highest BCUT2D eigenvalue weighted by molar-refractivity contribution is 5.29. The maximum absolute atomic E-state index is 5.88. The Morgan fingerprint density at radius 3 is 3.14 bits per heavy atom. The largest absolute Gasteiger partial charge is 0.498 e. The lowest BCUT2D eigenvalue weighted by Gasteiger charge is -2.40. The second-order valence-electron chi connectivity index (χ2n) is 4.90. The summed E-state index contributed by atoms with van der Waals surface area (Å²) in [6.45, 7) is 3.25. The molecule has 1 heterocycles. The summed E-state index contributed by atoms with van der Waals surface area (Å²) in [5.41, 5.74) is 1.66. The molecule has 0 aromatic carbocycles. The van der Waals surface area contributed by atoms with Crippen LogP contribution in [0.5, 0.6) is 0 Å². The molecule has 0 spiro atoms. The van der Waals surface area contributed by atoms with E-state index in [-0.39, 0.29) is 0 Å². The molecule has 0 saturated heterocycles. The third kappa shape index (κ3) is 1.14. The Morgan fingerprint density at radius 1 is 1.29 bits per heavy atom. The molecule has 3 aliphatic rings. The van der Waals surface area contributed by atoms with Gasteiger partial charge < -0.3 is 4.74 Å². The molecule has 0 radical (unpaired) electrons. The number of allylic oxidation sites excluding steroid dienone is 4. The lowest BCUT2D eigenvalue weighted by atomic mass is 9.70. The van der Waals surface area contributed by atoms with E-state index >= 15 is 0 Å². The van der Waals surface area contributed by atoms with Crippen LogP contribution in [0.2, 0.25) is 0 Å². The van der Waals surface area contributed by atoms with Crippen LogP contribution >= 0.6 is 0 Å². The molecular weight excluding hydrogens is 172 g/mol. The molecule has 1 heteroatoms. The summed E-state index contributed by atoms with van der Waals surface area (Å²) in [6.07, 6.45) is 9.96. The van der Waals surface area contributed by atoms with Crippen LogP contribution in [0.1, 0.15) is 32.6 Å². The summed E-state index contributed by atoms with van der Waals surface area (Å²) in [4.78, 5) is 0. The van der Waals surface area contributed by atoms with Gasteiger partial charge in [0.15, 0.2) is 0 Å². The summed E-state index contributed by atoms with van der Waals surface area (Å²) < 4.78 is 5.88.